The van der Waals surface area contributed by atoms with Crippen LogP contribution in [0.15, 0.2) is 0 Å². The van der Waals surface area contributed by atoms with Crippen molar-refractivity contribution in [3.05, 3.63) is 6.42 Å². The first-order valence-corrected chi connectivity index (χ1v) is 5.41. The van der Waals surface area contributed by atoms with E-state index in [9.17, 15) is 4.79 Å². The van der Waals surface area contributed by atoms with Crippen molar-refractivity contribution in [2.45, 2.75) is 44.6 Å². The van der Waals surface area contributed by atoms with Crippen molar-refractivity contribution in [3.63, 3.8) is 0 Å². The second kappa shape index (κ2) is 5.89. The quantitative estimate of drug-likeness (QED) is 0.648. The molecule has 0 aromatic carbocycles. The van der Waals surface area contributed by atoms with Gasteiger partial charge in [0.25, 0.3) is 0 Å². The highest BCUT2D eigenvalue weighted by Crippen LogP contribution is 2.18. The molecule has 14 heavy (non-hydrogen) atoms. The lowest BCUT2D eigenvalue weighted by Gasteiger charge is -2.21. The maximum atomic E-state index is 11.3. The third-order valence-corrected chi connectivity index (χ3v) is 2.49. The first-order valence-electron chi connectivity index (χ1n) is 5.41. The molecule has 1 aliphatic rings. The number of amides is 1. The Kier molecular flexibility index (Phi) is 4.77. The zero-order valence-electron chi connectivity index (χ0n) is 9.16. The fraction of sp³-hybridized carbons (Fsp3) is 0.818. The second-order valence-electron chi connectivity index (χ2n) is 4.04. The molecule has 0 aromatic rings. The van der Waals surface area contributed by atoms with Crippen LogP contribution in [0.1, 0.15) is 38.5 Å². The minimum Gasteiger partial charge on any atom is -0.446 e. The molecule has 0 aromatic heterocycles. The molecule has 1 radical (unpaired) electrons. The third kappa shape index (κ3) is 3.99. The van der Waals surface area contributed by atoms with Crippen molar-refractivity contribution in [2.75, 3.05) is 14.1 Å². The van der Waals surface area contributed by atoms with E-state index in [0.717, 1.165) is 12.8 Å². The SMILES string of the molecule is CN(C)C(=O)OC1[CH]CCCCCC1. The van der Waals surface area contributed by atoms with Crippen molar-refractivity contribution < 1.29 is 9.53 Å². The van der Waals surface area contributed by atoms with Gasteiger partial charge in [-0.05, 0) is 19.3 Å². The highest BCUT2D eigenvalue weighted by molar-refractivity contribution is 5.67. The van der Waals surface area contributed by atoms with E-state index in [2.05, 4.69) is 6.42 Å². The molecule has 1 fully saturated rings. The lowest BCUT2D eigenvalue weighted by Crippen LogP contribution is -2.28. The number of hydrogen-bond acceptors (Lipinski definition) is 2. The van der Waals surface area contributed by atoms with Crippen LogP contribution in [-0.4, -0.2) is 31.2 Å². The first-order chi connectivity index (χ1) is 6.70. The van der Waals surface area contributed by atoms with Gasteiger partial charge in [0.2, 0.25) is 0 Å². The van der Waals surface area contributed by atoms with E-state index in [1.807, 2.05) is 0 Å². The first kappa shape index (κ1) is 11.3. The Labute approximate surface area is 86.4 Å². The molecule has 3 nitrogen and oxygen atoms in total. The highest BCUT2D eigenvalue weighted by atomic mass is 16.6. The van der Waals surface area contributed by atoms with E-state index in [4.69, 9.17) is 4.74 Å². The van der Waals surface area contributed by atoms with E-state index < -0.39 is 0 Å². The maximum absolute atomic E-state index is 11.3. The lowest BCUT2D eigenvalue weighted by atomic mass is 9.99. The summed E-state index contributed by atoms with van der Waals surface area (Å²) >= 11 is 0. The minimum atomic E-state index is -0.230. The van der Waals surface area contributed by atoms with Gasteiger partial charge in [-0.1, -0.05) is 19.3 Å². The normalized spacial score (nSPS) is 19.6. The number of rotatable bonds is 1. The van der Waals surface area contributed by atoms with E-state index in [-0.39, 0.29) is 12.2 Å². The van der Waals surface area contributed by atoms with Crippen molar-refractivity contribution >= 4 is 6.09 Å². The Balaban J connectivity index is 2.30. The van der Waals surface area contributed by atoms with Gasteiger partial charge in [-0.3, -0.25) is 0 Å². The van der Waals surface area contributed by atoms with Crippen LogP contribution >= 0.6 is 0 Å². The van der Waals surface area contributed by atoms with Gasteiger partial charge in [-0.2, -0.15) is 0 Å². The molecule has 0 aliphatic heterocycles. The molecule has 0 heterocycles. The summed E-state index contributed by atoms with van der Waals surface area (Å²) < 4.78 is 5.32. The summed E-state index contributed by atoms with van der Waals surface area (Å²) in [5, 5.41) is 0. The van der Waals surface area contributed by atoms with E-state index in [0.29, 0.717) is 0 Å². The molecule has 3 heteroatoms. The van der Waals surface area contributed by atoms with E-state index >= 15 is 0 Å². The van der Waals surface area contributed by atoms with Crippen molar-refractivity contribution in [1.29, 1.82) is 0 Å². The molecular weight excluding hydrogens is 178 g/mol. The number of hydrogen-bond donors (Lipinski definition) is 0. The average Bonchev–Trinajstić information content (AvgIpc) is 2.08. The number of ether oxygens (including phenoxy) is 1. The standard InChI is InChI=1S/C11H20NO2/c1-12(2)11(13)14-10-8-6-4-3-5-7-9-10/h8,10H,3-7,9H2,1-2H3. The molecular formula is C11H20NO2. The van der Waals surface area contributed by atoms with Gasteiger partial charge in [-0.25, -0.2) is 4.79 Å². The van der Waals surface area contributed by atoms with Crippen LogP contribution in [-0.2, 0) is 4.74 Å². The Morgan fingerprint density at radius 1 is 1.29 bits per heavy atom. The zero-order valence-corrected chi connectivity index (χ0v) is 9.16. The Morgan fingerprint density at radius 2 is 2.00 bits per heavy atom. The van der Waals surface area contributed by atoms with Crippen LogP contribution in [0.4, 0.5) is 4.79 Å². The van der Waals surface area contributed by atoms with Crippen molar-refractivity contribution in [3.8, 4) is 0 Å². The van der Waals surface area contributed by atoms with Crippen molar-refractivity contribution in [1.82, 2.24) is 4.90 Å². The molecule has 1 aliphatic carbocycles. The Hall–Kier alpha value is -0.730. The predicted octanol–water partition coefficient (Wildman–Crippen LogP) is 2.61. The Bertz CT molecular complexity index is 172. The summed E-state index contributed by atoms with van der Waals surface area (Å²) in [6.45, 7) is 0. The monoisotopic (exact) mass is 198 g/mol. The molecule has 0 bridgehead atoms. The molecule has 0 N–H and O–H groups in total. The van der Waals surface area contributed by atoms with Gasteiger partial charge in [0, 0.05) is 20.5 Å². The smallest absolute Gasteiger partial charge is 0.409 e. The summed E-state index contributed by atoms with van der Waals surface area (Å²) in [7, 11) is 3.43. The topological polar surface area (TPSA) is 29.5 Å². The maximum Gasteiger partial charge on any atom is 0.409 e. The lowest BCUT2D eigenvalue weighted by molar-refractivity contribution is 0.0800. The van der Waals surface area contributed by atoms with Gasteiger partial charge in [0.1, 0.15) is 6.10 Å². The molecule has 1 rings (SSSR count). The largest absolute Gasteiger partial charge is 0.446 e. The third-order valence-electron chi connectivity index (χ3n) is 2.49. The van der Waals surface area contributed by atoms with Crippen LogP contribution in [0.3, 0.4) is 0 Å². The van der Waals surface area contributed by atoms with Crippen molar-refractivity contribution in [2.24, 2.45) is 0 Å². The molecule has 0 spiro atoms. The second-order valence-corrected chi connectivity index (χ2v) is 4.04. The van der Waals surface area contributed by atoms with Crippen LogP contribution in [0.25, 0.3) is 0 Å². The van der Waals surface area contributed by atoms with Crippen LogP contribution in [0.5, 0.6) is 0 Å². The van der Waals surface area contributed by atoms with Gasteiger partial charge < -0.3 is 9.64 Å². The van der Waals surface area contributed by atoms with Gasteiger partial charge in [0.05, 0.1) is 0 Å². The van der Waals surface area contributed by atoms with Crippen LogP contribution in [0.2, 0.25) is 0 Å². The number of carbonyl (C=O) groups is 1. The van der Waals surface area contributed by atoms with Crippen LogP contribution < -0.4 is 0 Å². The van der Waals surface area contributed by atoms with E-state index in [1.54, 1.807) is 14.1 Å². The van der Waals surface area contributed by atoms with Crippen LogP contribution in [0, 0.1) is 6.42 Å². The summed E-state index contributed by atoms with van der Waals surface area (Å²) in [5.74, 6) is 0. The fourth-order valence-corrected chi connectivity index (χ4v) is 1.61. The van der Waals surface area contributed by atoms with Gasteiger partial charge in [0.15, 0.2) is 0 Å². The highest BCUT2D eigenvalue weighted by Gasteiger charge is 2.16. The Morgan fingerprint density at radius 3 is 2.71 bits per heavy atom. The predicted molar refractivity (Wildman–Crippen MR) is 56.0 cm³/mol. The fourth-order valence-electron chi connectivity index (χ4n) is 1.61. The number of carbonyl (C=O) groups excluding carboxylic acids is 1. The summed E-state index contributed by atoms with van der Waals surface area (Å²) in [6, 6.07) is 0. The number of nitrogens with zero attached hydrogens (tertiary/aromatic N) is 1. The summed E-state index contributed by atoms with van der Waals surface area (Å²) in [5.41, 5.74) is 0. The molecule has 1 atom stereocenters. The molecule has 0 saturated heterocycles. The average molecular weight is 198 g/mol. The molecule has 81 valence electrons. The molecule has 1 unspecified atom stereocenters. The summed E-state index contributed by atoms with van der Waals surface area (Å²) in [6.07, 6.45) is 8.98. The minimum absolute atomic E-state index is 0.0326. The molecule has 1 saturated carbocycles. The van der Waals surface area contributed by atoms with Gasteiger partial charge >= 0.3 is 6.09 Å². The molecule has 1 amide bonds. The zero-order chi connectivity index (χ0) is 10.4. The van der Waals surface area contributed by atoms with Gasteiger partial charge in [-0.15, -0.1) is 0 Å². The van der Waals surface area contributed by atoms with E-state index in [1.165, 1.54) is 30.6 Å². The summed E-state index contributed by atoms with van der Waals surface area (Å²) in [4.78, 5) is 12.8.